The second-order valence-electron chi connectivity index (χ2n) is 5.94. The number of halogens is 3. The van der Waals surface area contributed by atoms with Crippen LogP contribution in [-0.2, 0) is 9.59 Å². The lowest BCUT2D eigenvalue weighted by atomic mass is 9.93. The summed E-state index contributed by atoms with van der Waals surface area (Å²) in [6.07, 6.45) is -3.67. The number of carbonyl (C=O) groups is 2. The molecule has 0 bridgehead atoms. The molecule has 1 saturated heterocycles. The van der Waals surface area contributed by atoms with E-state index >= 15 is 0 Å². The average molecular weight is 292 g/mol. The second-order valence-corrected chi connectivity index (χ2v) is 5.94. The number of alkyl halides is 3. The van der Waals surface area contributed by atoms with Gasteiger partial charge < -0.3 is 10.2 Å². The summed E-state index contributed by atoms with van der Waals surface area (Å²) in [4.78, 5) is 25.5. The summed E-state index contributed by atoms with van der Waals surface area (Å²) in [6.45, 7) is 3.06. The maximum atomic E-state index is 12.6. The number of nitrogens with zero attached hydrogens (tertiary/aromatic N) is 1. The van der Waals surface area contributed by atoms with Gasteiger partial charge in [-0.05, 0) is 32.6 Å². The van der Waals surface area contributed by atoms with Crippen LogP contribution < -0.4 is 5.32 Å². The molecule has 1 heterocycles. The van der Waals surface area contributed by atoms with E-state index in [1.165, 1.54) is 11.8 Å². The van der Waals surface area contributed by atoms with Crippen molar-refractivity contribution in [3.63, 3.8) is 0 Å². The second kappa shape index (κ2) is 4.93. The summed E-state index contributed by atoms with van der Waals surface area (Å²) in [5.74, 6) is -0.616. The summed E-state index contributed by atoms with van der Waals surface area (Å²) in [7, 11) is 0. The van der Waals surface area contributed by atoms with Gasteiger partial charge in [-0.3, -0.25) is 9.59 Å². The van der Waals surface area contributed by atoms with Crippen LogP contribution in [0.5, 0.6) is 0 Å². The quantitative estimate of drug-likeness (QED) is 0.863. The van der Waals surface area contributed by atoms with Crippen molar-refractivity contribution in [2.75, 3.05) is 6.54 Å². The molecule has 0 radical (unpaired) electrons. The first-order valence-electron chi connectivity index (χ1n) is 6.82. The van der Waals surface area contributed by atoms with Crippen LogP contribution in [0.3, 0.4) is 0 Å². The molecule has 1 N–H and O–H groups in total. The predicted octanol–water partition coefficient (Wildman–Crippen LogP) is 1.84. The van der Waals surface area contributed by atoms with Crippen molar-refractivity contribution in [3.8, 4) is 0 Å². The van der Waals surface area contributed by atoms with Crippen molar-refractivity contribution in [2.45, 2.75) is 57.3 Å². The fourth-order valence-electron chi connectivity index (χ4n) is 2.83. The Morgan fingerprint density at radius 3 is 2.50 bits per heavy atom. The molecule has 114 valence electrons. The lowest BCUT2D eigenvalue weighted by molar-refractivity contribution is -0.156. The first kappa shape index (κ1) is 15.1. The third-order valence-electron chi connectivity index (χ3n) is 4.14. The van der Waals surface area contributed by atoms with Gasteiger partial charge in [0.15, 0.2) is 0 Å². The van der Waals surface area contributed by atoms with E-state index in [1.54, 1.807) is 6.92 Å². The highest BCUT2D eigenvalue weighted by Gasteiger charge is 2.52. The van der Waals surface area contributed by atoms with Crippen LogP contribution >= 0.6 is 0 Å². The summed E-state index contributed by atoms with van der Waals surface area (Å²) in [6, 6.07) is -0.951. The summed E-state index contributed by atoms with van der Waals surface area (Å²) in [5, 5.41) is 2.70. The highest BCUT2D eigenvalue weighted by atomic mass is 19.4. The number of hydrogen-bond acceptors (Lipinski definition) is 2. The maximum absolute atomic E-state index is 12.6. The van der Waals surface area contributed by atoms with E-state index in [0.717, 1.165) is 12.8 Å². The molecule has 0 aromatic heterocycles. The van der Waals surface area contributed by atoms with Crippen LogP contribution in [0.25, 0.3) is 0 Å². The highest BCUT2D eigenvalue weighted by molar-refractivity contribution is 5.94. The topological polar surface area (TPSA) is 49.4 Å². The largest absolute Gasteiger partial charge is 0.391 e. The number of amides is 2. The monoisotopic (exact) mass is 292 g/mol. The Labute approximate surface area is 115 Å². The van der Waals surface area contributed by atoms with Crippen LogP contribution in [0, 0.1) is 5.92 Å². The molecule has 2 aliphatic rings. The standard InChI is InChI=1S/C13H19F3N2O2/c1-8(7-13(14,15)16)18-6-5-10(19)17-12(2,11(18)20)9-3-4-9/h8-9H,3-7H2,1-2H3,(H,17,19). The summed E-state index contributed by atoms with van der Waals surface area (Å²) >= 11 is 0. The number of carbonyl (C=O) groups excluding carboxylic acids is 2. The Hall–Kier alpha value is -1.27. The fourth-order valence-corrected chi connectivity index (χ4v) is 2.83. The number of hydrogen-bond donors (Lipinski definition) is 1. The Morgan fingerprint density at radius 1 is 1.40 bits per heavy atom. The minimum absolute atomic E-state index is 0.0395. The average Bonchev–Trinajstić information content (AvgIpc) is 3.08. The zero-order valence-electron chi connectivity index (χ0n) is 11.6. The molecule has 7 heteroatoms. The van der Waals surface area contributed by atoms with Crippen molar-refractivity contribution in [1.82, 2.24) is 10.2 Å². The van der Waals surface area contributed by atoms with E-state index in [0.29, 0.717) is 0 Å². The molecule has 2 atom stereocenters. The smallest absolute Gasteiger partial charge is 0.342 e. The highest BCUT2D eigenvalue weighted by Crippen LogP contribution is 2.42. The normalized spacial score (nSPS) is 29.9. The molecule has 0 spiro atoms. The van der Waals surface area contributed by atoms with Gasteiger partial charge in [0.05, 0.1) is 6.42 Å². The van der Waals surface area contributed by atoms with E-state index < -0.39 is 24.2 Å². The molecule has 1 aliphatic heterocycles. The lowest BCUT2D eigenvalue weighted by Gasteiger charge is -2.35. The molecule has 4 nitrogen and oxygen atoms in total. The van der Waals surface area contributed by atoms with E-state index in [-0.39, 0.29) is 30.7 Å². The van der Waals surface area contributed by atoms with Gasteiger partial charge in [0, 0.05) is 19.0 Å². The SMILES string of the molecule is CC(CC(F)(F)F)N1CCC(=O)NC(C)(C2CC2)C1=O. The van der Waals surface area contributed by atoms with Gasteiger partial charge >= 0.3 is 6.18 Å². The van der Waals surface area contributed by atoms with Gasteiger partial charge in [-0.15, -0.1) is 0 Å². The molecule has 1 saturated carbocycles. The molecule has 1 aliphatic carbocycles. The van der Waals surface area contributed by atoms with E-state index in [2.05, 4.69) is 5.32 Å². The minimum atomic E-state index is -4.32. The van der Waals surface area contributed by atoms with E-state index in [9.17, 15) is 22.8 Å². The Balaban J connectivity index is 2.19. The molecule has 0 aromatic rings. The van der Waals surface area contributed by atoms with Crippen molar-refractivity contribution in [1.29, 1.82) is 0 Å². The molecule has 2 amide bonds. The first-order valence-corrected chi connectivity index (χ1v) is 6.82. The molecular weight excluding hydrogens is 273 g/mol. The zero-order chi connectivity index (χ0) is 15.1. The summed E-state index contributed by atoms with van der Waals surface area (Å²) in [5.41, 5.74) is -1.05. The van der Waals surface area contributed by atoms with Gasteiger partial charge in [-0.25, -0.2) is 0 Å². The minimum Gasteiger partial charge on any atom is -0.342 e. The van der Waals surface area contributed by atoms with Crippen molar-refractivity contribution >= 4 is 11.8 Å². The first-order chi connectivity index (χ1) is 9.13. The zero-order valence-corrected chi connectivity index (χ0v) is 11.6. The third-order valence-corrected chi connectivity index (χ3v) is 4.14. The third kappa shape index (κ3) is 3.07. The summed E-state index contributed by atoms with van der Waals surface area (Å²) < 4.78 is 37.5. The number of nitrogens with one attached hydrogen (secondary N) is 1. The van der Waals surface area contributed by atoms with Crippen LogP contribution in [0.2, 0.25) is 0 Å². The van der Waals surface area contributed by atoms with Crippen LogP contribution in [0.1, 0.15) is 39.5 Å². The molecular formula is C13H19F3N2O2. The van der Waals surface area contributed by atoms with Crippen LogP contribution in [0.4, 0.5) is 13.2 Å². The molecule has 20 heavy (non-hydrogen) atoms. The molecule has 2 fully saturated rings. The molecule has 2 rings (SSSR count). The van der Waals surface area contributed by atoms with Gasteiger partial charge in [-0.1, -0.05) is 0 Å². The van der Waals surface area contributed by atoms with Gasteiger partial charge in [0.25, 0.3) is 0 Å². The Kier molecular flexibility index (Phi) is 3.73. The molecule has 0 aromatic carbocycles. The molecule has 2 unspecified atom stereocenters. The fraction of sp³-hybridized carbons (Fsp3) is 0.846. The van der Waals surface area contributed by atoms with Gasteiger partial charge in [-0.2, -0.15) is 13.2 Å². The van der Waals surface area contributed by atoms with Crippen LogP contribution in [0.15, 0.2) is 0 Å². The van der Waals surface area contributed by atoms with Crippen molar-refractivity contribution < 1.29 is 22.8 Å². The van der Waals surface area contributed by atoms with Crippen LogP contribution in [-0.4, -0.2) is 41.0 Å². The van der Waals surface area contributed by atoms with E-state index in [4.69, 9.17) is 0 Å². The lowest BCUT2D eigenvalue weighted by Crippen LogP contribution is -2.58. The predicted molar refractivity (Wildman–Crippen MR) is 65.7 cm³/mol. The van der Waals surface area contributed by atoms with Crippen molar-refractivity contribution in [2.24, 2.45) is 5.92 Å². The Morgan fingerprint density at radius 2 is 2.00 bits per heavy atom. The van der Waals surface area contributed by atoms with Gasteiger partial charge in [0.1, 0.15) is 5.54 Å². The van der Waals surface area contributed by atoms with Gasteiger partial charge in [0.2, 0.25) is 11.8 Å². The van der Waals surface area contributed by atoms with Crippen molar-refractivity contribution in [3.05, 3.63) is 0 Å². The maximum Gasteiger partial charge on any atom is 0.391 e. The van der Waals surface area contributed by atoms with E-state index in [1.807, 2.05) is 0 Å². The Bertz CT molecular complexity index is 420. The number of rotatable bonds is 3.